The second-order valence-corrected chi connectivity index (χ2v) is 6.68. The van der Waals surface area contributed by atoms with E-state index in [1.54, 1.807) is 12.1 Å². The van der Waals surface area contributed by atoms with E-state index in [4.69, 9.17) is 9.84 Å². The average molecular weight is 391 g/mol. The molecule has 0 aliphatic carbocycles. The normalized spacial score (nSPS) is 12.0. The number of nitrogens with zero attached hydrogens (tertiary/aromatic N) is 3. The molecule has 0 aliphatic heterocycles. The van der Waals surface area contributed by atoms with E-state index in [0.717, 1.165) is 31.4 Å². The average Bonchev–Trinajstić information content (AvgIpc) is 2.70. The van der Waals surface area contributed by atoms with Crippen LogP contribution in [0.3, 0.4) is 0 Å². The molecule has 1 rings (SSSR count). The van der Waals surface area contributed by atoms with E-state index in [2.05, 4.69) is 53.4 Å². The number of ether oxygens (including phenoxy) is 1. The first-order chi connectivity index (χ1) is 13.6. The Kier molecular flexibility index (Phi) is 12.3. The molecular formula is C21H34N4O3. The molecule has 0 aliphatic rings. The molecular weight excluding hydrogens is 356 g/mol. The Morgan fingerprint density at radius 2 is 2.04 bits per heavy atom. The van der Waals surface area contributed by atoms with Crippen molar-refractivity contribution in [3.05, 3.63) is 48.2 Å². The first-order valence-corrected chi connectivity index (χ1v) is 9.90. The topological polar surface area (TPSA) is 86.5 Å². The summed E-state index contributed by atoms with van der Waals surface area (Å²) >= 11 is 0. The predicted octanol–water partition coefficient (Wildman–Crippen LogP) is 3.96. The number of nitrogens with one attached hydrogen (secondary N) is 1. The lowest BCUT2D eigenvalue weighted by molar-refractivity contribution is 0.130. The monoisotopic (exact) mass is 390 g/mol. The molecule has 0 bridgehead atoms. The van der Waals surface area contributed by atoms with Crippen LogP contribution in [-0.4, -0.2) is 49.6 Å². The summed E-state index contributed by atoms with van der Waals surface area (Å²) in [6.07, 6.45) is 4.01. The zero-order chi connectivity index (χ0) is 20.6. The smallest absolute Gasteiger partial charge is 0.407 e. The molecule has 0 saturated carbocycles. The van der Waals surface area contributed by atoms with Crippen LogP contribution in [0.2, 0.25) is 0 Å². The number of amides is 1. The van der Waals surface area contributed by atoms with Crippen LogP contribution in [0.5, 0.6) is 0 Å². The maximum atomic E-state index is 11.6. The van der Waals surface area contributed by atoms with Crippen molar-refractivity contribution >= 4 is 6.09 Å². The summed E-state index contributed by atoms with van der Waals surface area (Å²) in [7, 11) is 1.61. The number of carbonyl (C=O) groups excluding carboxylic acids is 1. The number of aliphatic hydroxyl groups is 1. The summed E-state index contributed by atoms with van der Waals surface area (Å²) < 4.78 is 5.17. The number of hydrogen-bond acceptors (Lipinski definition) is 5. The number of alkyl carbamates (subject to hydrolysis) is 1. The van der Waals surface area contributed by atoms with Gasteiger partial charge in [-0.25, -0.2) is 9.80 Å². The highest BCUT2D eigenvalue weighted by Gasteiger charge is 2.15. The number of hydrogen-bond donors (Lipinski definition) is 2. The zero-order valence-electron chi connectivity index (χ0n) is 17.1. The van der Waals surface area contributed by atoms with Gasteiger partial charge in [0.2, 0.25) is 0 Å². The van der Waals surface area contributed by atoms with Crippen molar-refractivity contribution in [2.75, 3.05) is 33.4 Å². The highest BCUT2D eigenvalue weighted by molar-refractivity contribution is 5.66. The minimum absolute atomic E-state index is 0.124. The van der Waals surface area contributed by atoms with Gasteiger partial charge in [0.15, 0.2) is 0 Å². The quantitative estimate of drug-likeness (QED) is 0.286. The maximum Gasteiger partial charge on any atom is 0.407 e. The van der Waals surface area contributed by atoms with Gasteiger partial charge in [0.1, 0.15) is 6.61 Å². The molecule has 7 nitrogen and oxygen atoms in total. The molecule has 1 amide bonds. The summed E-state index contributed by atoms with van der Waals surface area (Å²) in [6.45, 7) is 7.50. The molecule has 0 fully saturated rings. The van der Waals surface area contributed by atoms with Gasteiger partial charge in [-0.15, -0.1) is 0 Å². The minimum Gasteiger partial charge on any atom is -0.448 e. The van der Waals surface area contributed by atoms with Gasteiger partial charge in [-0.05, 0) is 43.6 Å². The lowest BCUT2D eigenvalue weighted by Crippen LogP contribution is -2.30. The molecule has 28 heavy (non-hydrogen) atoms. The molecule has 1 aromatic carbocycles. The molecule has 1 atom stereocenters. The number of unbranched alkanes of at least 4 members (excludes halogenated alkanes) is 1. The minimum atomic E-state index is -0.465. The molecule has 0 aromatic heterocycles. The standard InChI is InChI=1S/C21H34N4O3/c1-18(10-9-13-20-11-5-4-6-12-20)19(2)25(24-22-3)15-17-28-21(27)23-14-7-8-16-26/h4-6,11-12,18,26H,2,7-10,13-17H2,1,3H3,(H,23,27). The Morgan fingerprint density at radius 3 is 2.71 bits per heavy atom. The number of aliphatic hydroxyl groups excluding tert-OH is 1. The van der Waals surface area contributed by atoms with Crippen LogP contribution in [0.15, 0.2) is 52.9 Å². The Hall–Kier alpha value is -2.41. The molecule has 1 unspecified atom stereocenters. The summed E-state index contributed by atoms with van der Waals surface area (Å²) in [4.78, 5) is 11.6. The van der Waals surface area contributed by atoms with Crippen LogP contribution in [-0.2, 0) is 11.2 Å². The fourth-order valence-corrected chi connectivity index (χ4v) is 2.73. The van der Waals surface area contributed by atoms with E-state index in [9.17, 15) is 4.79 Å². The van der Waals surface area contributed by atoms with Gasteiger partial charge in [0, 0.05) is 18.8 Å². The Labute approximate surface area is 168 Å². The summed E-state index contributed by atoms with van der Waals surface area (Å²) in [5.74, 6) is 0.251. The molecule has 156 valence electrons. The van der Waals surface area contributed by atoms with E-state index < -0.39 is 6.09 Å². The molecule has 7 heteroatoms. The van der Waals surface area contributed by atoms with Gasteiger partial charge in [-0.2, -0.15) is 5.11 Å². The van der Waals surface area contributed by atoms with Gasteiger partial charge in [-0.3, -0.25) is 0 Å². The van der Waals surface area contributed by atoms with Gasteiger partial charge in [-0.1, -0.05) is 49.1 Å². The highest BCUT2D eigenvalue weighted by atomic mass is 16.5. The molecule has 0 saturated heterocycles. The number of carbonyl (C=O) groups is 1. The number of benzene rings is 1. The SMILES string of the molecule is C=C(C(C)CCCc1ccccc1)N(CCOC(=O)NCCCCO)N=NC. The Morgan fingerprint density at radius 1 is 1.29 bits per heavy atom. The molecule has 1 aromatic rings. The largest absolute Gasteiger partial charge is 0.448 e. The summed E-state index contributed by atoms with van der Waals surface area (Å²) in [5.41, 5.74) is 2.20. The zero-order valence-corrected chi connectivity index (χ0v) is 17.1. The third-order valence-corrected chi connectivity index (χ3v) is 4.43. The maximum absolute atomic E-state index is 11.6. The predicted molar refractivity (Wildman–Crippen MR) is 111 cm³/mol. The van der Waals surface area contributed by atoms with Crippen molar-refractivity contribution in [1.29, 1.82) is 0 Å². The summed E-state index contributed by atoms with van der Waals surface area (Å²) in [6, 6.07) is 10.4. The van der Waals surface area contributed by atoms with Gasteiger partial charge >= 0.3 is 6.09 Å². The van der Waals surface area contributed by atoms with Gasteiger partial charge in [0.25, 0.3) is 0 Å². The van der Waals surface area contributed by atoms with E-state index in [1.807, 2.05) is 6.07 Å². The Balaban J connectivity index is 2.33. The number of rotatable bonds is 14. The fraction of sp³-hybridized carbons (Fsp3) is 0.571. The van der Waals surface area contributed by atoms with E-state index in [0.29, 0.717) is 19.5 Å². The molecule has 0 heterocycles. The third-order valence-electron chi connectivity index (χ3n) is 4.43. The second kappa shape index (κ2) is 14.6. The van der Waals surface area contributed by atoms with Crippen LogP contribution < -0.4 is 5.32 Å². The van der Waals surface area contributed by atoms with Crippen molar-refractivity contribution in [2.45, 2.75) is 39.0 Å². The first-order valence-electron chi connectivity index (χ1n) is 9.90. The van der Waals surface area contributed by atoms with Gasteiger partial charge < -0.3 is 15.2 Å². The lowest BCUT2D eigenvalue weighted by atomic mass is 9.98. The lowest BCUT2D eigenvalue weighted by Gasteiger charge is -2.24. The van der Waals surface area contributed by atoms with Crippen molar-refractivity contribution in [3.63, 3.8) is 0 Å². The summed E-state index contributed by atoms with van der Waals surface area (Å²) in [5, 5.41) is 21.0. The van der Waals surface area contributed by atoms with Crippen molar-refractivity contribution < 1.29 is 14.6 Å². The molecule has 0 radical (unpaired) electrons. The fourth-order valence-electron chi connectivity index (χ4n) is 2.73. The second-order valence-electron chi connectivity index (χ2n) is 6.68. The van der Waals surface area contributed by atoms with E-state index in [-0.39, 0.29) is 19.1 Å². The first kappa shape index (κ1) is 23.6. The Bertz CT molecular complexity index is 593. The molecule has 0 spiro atoms. The van der Waals surface area contributed by atoms with Crippen molar-refractivity contribution in [1.82, 2.24) is 10.3 Å². The highest BCUT2D eigenvalue weighted by Crippen LogP contribution is 2.20. The van der Waals surface area contributed by atoms with E-state index in [1.165, 1.54) is 5.56 Å². The number of aryl methyl sites for hydroxylation is 1. The number of allylic oxidation sites excluding steroid dienone is 1. The van der Waals surface area contributed by atoms with Crippen molar-refractivity contribution in [2.24, 2.45) is 16.3 Å². The van der Waals surface area contributed by atoms with Crippen LogP contribution >= 0.6 is 0 Å². The molecule has 2 N–H and O–H groups in total. The van der Waals surface area contributed by atoms with Crippen LogP contribution in [0.1, 0.15) is 38.2 Å². The van der Waals surface area contributed by atoms with E-state index >= 15 is 0 Å². The van der Waals surface area contributed by atoms with Gasteiger partial charge in [0.05, 0.1) is 13.6 Å². The van der Waals surface area contributed by atoms with Crippen molar-refractivity contribution in [3.8, 4) is 0 Å². The van der Waals surface area contributed by atoms with Crippen LogP contribution in [0.4, 0.5) is 4.79 Å². The van der Waals surface area contributed by atoms with Crippen LogP contribution in [0.25, 0.3) is 0 Å². The third kappa shape index (κ3) is 10.1. The van der Waals surface area contributed by atoms with Crippen LogP contribution in [0, 0.1) is 5.92 Å².